The molecular weight excluding hydrogens is 457 g/mol. The highest BCUT2D eigenvalue weighted by atomic mass is 19.1. The largest absolute Gasteiger partial charge is 0.478 e. The van der Waals surface area contributed by atoms with Crippen molar-refractivity contribution >= 4 is 11.7 Å². The number of hydrogen-bond donors (Lipinski definition) is 3. The Balaban J connectivity index is 1.67. The average Bonchev–Trinajstić information content (AvgIpc) is 2.83. The predicted octanol–water partition coefficient (Wildman–Crippen LogP) is 1.44. The lowest BCUT2D eigenvalue weighted by Gasteiger charge is -2.16. The Kier molecular flexibility index (Phi) is 6.49. The van der Waals surface area contributed by atoms with E-state index in [1.165, 1.54) is 35.9 Å². The van der Waals surface area contributed by atoms with E-state index < -0.39 is 23.2 Å². The molecule has 0 atom stereocenters. The molecule has 0 saturated carbocycles. The maximum absolute atomic E-state index is 14.7. The summed E-state index contributed by atoms with van der Waals surface area (Å²) in [7, 11) is 1.35. The summed E-state index contributed by atoms with van der Waals surface area (Å²) in [6.45, 7) is 2.13. The molecule has 0 radical (unpaired) electrons. The molecule has 0 unspecified atom stereocenters. The molecule has 2 heterocycles. The molecule has 1 aliphatic heterocycles. The van der Waals surface area contributed by atoms with Crippen LogP contribution in [0.5, 0.6) is 5.75 Å². The van der Waals surface area contributed by atoms with Crippen molar-refractivity contribution in [2.24, 2.45) is 12.0 Å². The number of carboxylic acids is 1. The van der Waals surface area contributed by atoms with Gasteiger partial charge in [-0.2, -0.15) is 0 Å². The van der Waals surface area contributed by atoms with Crippen molar-refractivity contribution in [3.63, 3.8) is 0 Å². The molecular formula is C24H22FN5O5. The minimum Gasteiger partial charge on any atom is -0.478 e. The van der Waals surface area contributed by atoms with Crippen molar-refractivity contribution in [2.75, 3.05) is 6.54 Å². The number of aromatic amines is 1. The van der Waals surface area contributed by atoms with Gasteiger partial charge in [-0.3, -0.25) is 9.55 Å². The lowest BCUT2D eigenvalue weighted by atomic mass is 10.1. The van der Waals surface area contributed by atoms with Crippen LogP contribution in [0.4, 0.5) is 10.1 Å². The summed E-state index contributed by atoms with van der Waals surface area (Å²) in [6.07, 6.45) is 2.76. The Hall–Kier alpha value is -4.67. The van der Waals surface area contributed by atoms with Gasteiger partial charge in [0.15, 0.2) is 17.4 Å². The summed E-state index contributed by atoms with van der Waals surface area (Å²) in [5, 5.41) is 11.7. The minimum atomic E-state index is -1.06. The van der Waals surface area contributed by atoms with E-state index in [0.29, 0.717) is 0 Å². The first kappa shape index (κ1) is 23.5. The highest BCUT2D eigenvalue weighted by Gasteiger charge is 2.14. The molecule has 4 rings (SSSR count). The number of rotatable bonds is 6. The second kappa shape index (κ2) is 9.67. The summed E-state index contributed by atoms with van der Waals surface area (Å²) in [6, 6.07) is 11.5. The van der Waals surface area contributed by atoms with E-state index in [0.717, 1.165) is 21.8 Å². The van der Waals surface area contributed by atoms with Crippen molar-refractivity contribution in [1.82, 2.24) is 19.4 Å². The van der Waals surface area contributed by atoms with Crippen molar-refractivity contribution in [2.45, 2.75) is 13.5 Å². The van der Waals surface area contributed by atoms with Crippen LogP contribution in [0.3, 0.4) is 0 Å². The van der Waals surface area contributed by atoms with E-state index in [4.69, 9.17) is 9.84 Å². The fourth-order valence-corrected chi connectivity index (χ4v) is 3.29. The van der Waals surface area contributed by atoms with Crippen molar-refractivity contribution < 1.29 is 19.0 Å². The molecule has 0 bridgehead atoms. The quantitative estimate of drug-likeness (QED) is 0.491. The molecule has 180 valence electrons. The number of dihydropyridines is 1. The molecule has 10 nitrogen and oxygen atoms in total. The molecule has 0 amide bonds. The topological polar surface area (TPSA) is 131 Å². The van der Waals surface area contributed by atoms with Crippen LogP contribution in [0.25, 0.3) is 0 Å². The number of aromatic nitrogens is 3. The van der Waals surface area contributed by atoms with E-state index in [2.05, 4.69) is 15.3 Å². The van der Waals surface area contributed by atoms with Gasteiger partial charge < -0.3 is 15.2 Å². The molecule has 0 fully saturated rings. The summed E-state index contributed by atoms with van der Waals surface area (Å²) in [5.74, 6) is -1.72. The first-order chi connectivity index (χ1) is 16.7. The normalized spacial score (nSPS) is 13.6. The number of ether oxygens (including phenoxy) is 1. The van der Waals surface area contributed by atoms with Crippen LogP contribution in [-0.2, 0) is 18.4 Å². The fraction of sp³-hybridized carbons (Fsp3) is 0.167. The van der Waals surface area contributed by atoms with E-state index in [1.54, 1.807) is 0 Å². The number of nitrogens with one attached hydrogen (secondary N) is 2. The number of carbonyl (C=O) groups is 1. The number of aryl methyl sites for hydroxylation is 1. The highest BCUT2D eigenvalue weighted by Crippen LogP contribution is 2.24. The molecule has 11 heteroatoms. The standard InChI is InChI=1S/C24H22FN5O5/c1-14-3-5-15(6-4-14)13-30-22(28-23(33)29(2)24(30)34)27-17-8-9-19(18(25)11-17)35-20-10-7-16(12-26-20)21(31)32/h3-11,26H,12-13H2,1-2H3,(H,31,32)(H,27,28,33). The van der Waals surface area contributed by atoms with Crippen LogP contribution in [0.2, 0.25) is 0 Å². The zero-order valence-corrected chi connectivity index (χ0v) is 18.9. The van der Waals surface area contributed by atoms with Gasteiger partial charge in [0.1, 0.15) is 0 Å². The summed E-state index contributed by atoms with van der Waals surface area (Å²) in [5.41, 5.74) is 0.924. The van der Waals surface area contributed by atoms with Gasteiger partial charge >= 0.3 is 17.3 Å². The van der Waals surface area contributed by atoms with Gasteiger partial charge in [0.05, 0.1) is 24.4 Å². The third-order valence-corrected chi connectivity index (χ3v) is 5.29. The van der Waals surface area contributed by atoms with Crippen molar-refractivity contribution in [3.05, 3.63) is 110 Å². The second-order valence-corrected chi connectivity index (χ2v) is 7.88. The molecule has 0 spiro atoms. The maximum Gasteiger partial charge on any atom is 0.335 e. The number of carboxylic acid groups (broad SMARTS) is 1. The van der Waals surface area contributed by atoms with Gasteiger partial charge in [-0.15, -0.1) is 0 Å². The third kappa shape index (κ3) is 5.29. The van der Waals surface area contributed by atoms with Crippen LogP contribution in [0, 0.1) is 12.7 Å². The Morgan fingerprint density at radius 3 is 2.54 bits per heavy atom. The Bertz CT molecular complexity index is 1540. The maximum atomic E-state index is 14.7. The number of nitrogens with zero attached hydrogens (tertiary/aromatic N) is 3. The van der Waals surface area contributed by atoms with Gasteiger partial charge in [-0.1, -0.05) is 29.8 Å². The van der Waals surface area contributed by atoms with Gasteiger partial charge in [0.25, 0.3) is 0 Å². The second-order valence-electron chi connectivity index (χ2n) is 7.88. The highest BCUT2D eigenvalue weighted by molar-refractivity contribution is 5.87. The molecule has 0 saturated heterocycles. The van der Waals surface area contributed by atoms with E-state index in [9.17, 15) is 18.8 Å². The first-order valence-corrected chi connectivity index (χ1v) is 10.6. The van der Waals surface area contributed by atoms with Crippen LogP contribution >= 0.6 is 0 Å². The molecule has 3 aromatic rings. The van der Waals surface area contributed by atoms with Crippen LogP contribution in [0.1, 0.15) is 11.1 Å². The monoisotopic (exact) mass is 479 g/mol. The number of aliphatic carboxylic acids is 1. The van der Waals surface area contributed by atoms with Crippen LogP contribution in [-0.4, -0.2) is 31.7 Å². The van der Waals surface area contributed by atoms with Gasteiger partial charge in [0, 0.05) is 13.1 Å². The Morgan fingerprint density at radius 2 is 1.91 bits per heavy atom. The van der Waals surface area contributed by atoms with Crippen LogP contribution in [0.15, 0.2) is 80.7 Å². The fourth-order valence-electron chi connectivity index (χ4n) is 3.29. The van der Waals surface area contributed by atoms with Gasteiger partial charge in [-0.05, 0) is 36.8 Å². The lowest BCUT2D eigenvalue weighted by Crippen LogP contribution is -2.48. The molecule has 1 aromatic heterocycles. The van der Waals surface area contributed by atoms with E-state index in [-0.39, 0.29) is 41.6 Å². The number of halogens is 1. The van der Waals surface area contributed by atoms with Crippen molar-refractivity contribution in [1.29, 1.82) is 0 Å². The predicted molar refractivity (Wildman–Crippen MR) is 125 cm³/mol. The first-order valence-electron chi connectivity index (χ1n) is 10.6. The molecule has 35 heavy (non-hydrogen) atoms. The summed E-state index contributed by atoms with van der Waals surface area (Å²) < 4.78 is 22.4. The Morgan fingerprint density at radius 1 is 1.17 bits per heavy atom. The SMILES string of the molecule is Cc1ccc(Cn2c(=O)n(C)c(=O)[nH]/c2=N\c2ccc(OC3=CC=C(C(=O)O)CN3)c(F)c2)cc1. The molecule has 1 aliphatic rings. The minimum absolute atomic E-state index is 0.0327. The average molecular weight is 479 g/mol. The molecule has 2 aromatic carbocycles. The summed E-state index contributed by atoms with van der Waals surface area (Å²) in [4.78, 5) is 42.8. The third-order valence-electron chi connectivity index (χ3n) is 5.29. The van der Waals surface area contributed by atoms with E-state index in [1.807, 2.05) is 31.2 Å². The van der Waals surface area contributed by atoms with Crippen molar-refractivity contribution in [3.8, 4) is 5.75 Å². The van der Waals surface area contributed by atoms with Crippen LogP contribution < -0.4 is 27.1 Å². The number of allylic oxidation sites excluding steroid dienone is 2. The zero-order chi connectivity index (χ0) is 25.1. The molecule has 0 aliphatic carbocycles. The number of benzene rings is 2. The number of hydrogen-bond acceptors (Lipinski definition) is 6. The Labute approximate surface area is 198 Å². The smallest absolute Gasteiger partial charge is 0.335 e. The van der Waals surface area contributed by atoms with E-state index >= 15 is 0 Å². The molecule has 3 N–H and O–H groups in total. The summed E-state index contributed by atoms with van der Waals surface area (Å²) >= 11 is 0. The van der Waals surface area contributed by atoms with Gasteiger partial charge in [0.2, 0.25) is 5.62 Å². The lowest BCUT2D eigenvalue weighted by molar-refractivity contribution is -0.132. The van der Waals surface area contributed by atoms with Gasteiger partial charge in [-0.25, -0.2) is 28.3 Å². The number of H-pyrrole nitrogens is 1. The zero-order valence-electron chi connectivity index (χ0n) is 18.9.